The molecule has 0 bridgehead atoms. The third-order valence-corrected chi connectivity index (χ3v) is 5.05. The van der Waals surface area contributed by atoms with E-state index in [1.165, 1.54) is 0 Å². The second-order valence-electron chi connectivity index (χ2n) is 6.66. The Morgan fingerprint density at radius 1 is 1.30 bits per heavy atom. The summed E-state index contributed by atoms with van der Waals surface area (Å²) in [4.78, 5) is 33.2. The largest absolute Gasteiger partial charge is 0.340 e. The molecular weight excluding hydrogens is 292 g/mol. The average Bonchev–Trinajstić information content (AvgIpc) is 3.26. The molecule has 126 valence electrons. The van der Waals surface area contributed by atoms with Crippen molar-refractivity contribution in [2.75, 3.05) is 19.6 Å². The van der Waals surface area contributed by atoms with Gasteiger partial charge in [0.1, 0.15) is 11.9 Å². The zero-order valence-corrected chi connectivity index (χ0v) is 14.1. The van der Waals surface area contributed by atoms with Crippen LogP contribution in [0.2, 0.25) is 0 Å². The van der Waals surface area contributed by atoms with Gasteiger partial charge in [-0.1, -0.05) is 6.92 Å². The van der Waals surface area contributed by atoms with E-state index in [9.17, 15) is 9.59 Å². The molecule has 0 saturated carbocycles. The third-order valence-electron chi connectivity index (χ3n) is 5.05. The second kappa shape index (κ2) is 6.72. The van der Waals surface area contributed by atoms with Crippen LogP contribution in [0.1, 0.15) is 50.8 Å². The number of amides is 2. The molecule has 6 nitrogen and oxygen atoms in total. The van der Waals surface area contributed by atoms with Crippen LogP contribution in [-0.2, 0) is 16.6 Å². The first kappa shape index (κ1) is 16.0. The maximum atomic E-state index is 12.9. The Bertz CT molecular complexity index is 583. The molecule has 2 aliphatic rings. The summed E-state index contributed by atoms with van der Waals surface area (Å²) in [7, 11) is 1.99. The van der Waals surface area contributed by atoms with Gasteiger partial charge in [0.25, 0.3) is 0 Å². The van der Waals surface area contributed by atoms with Gasteiger partial charge in [0, 0.05) is 51.4 Å². The zero-order chi connectivity index (χ0) is 16.4. The molecule has 0 aliphatic carbocycles. The summed E-state index contributed by atoms with van der Waals surface area (Å²) in [6.45, 7) is 4.22. The van der Waals surface area contributed by atoms with E-state index in [1.54, 1.807) is 4.90 Å². The van der Waals surface area contributed by atoms with E-state index in [4.69, 9.17) is 0 Å². The highest BCUT2D eigenvalue weighted by Crippen LogP contribution is 2.28. The quantitative estimate of drug-likeness (QED) is 0.846. The first-order valence-electron chi connectivity index (χ1n) is 8.67. The molecule has 0 radical (unpaired) electrons. The van der Waals surface area contributed by atoms with Gasteiger partial charge < -0.3 is 14.4 Å². The SMILES string of the molecule is CCCC(=O)N1CCCC1C(=O)N1CCC(c2nccn2C)C1. The van der Waals surface area contributed by atoms with Crippen molar-refractivity contribution in [3.63, 3.8) is 0 Å². The van der Waals surface area contributed by atoms with Gasteiger partial charge in [-0.2, -0.15) is 0 Å². The van der Waals surface area contributed by atoms with Crippen molar-refractivity contribution in [2.45, 2.75) is 51.0 Å². The predicted octanol–water partition coefficient (Wildman–Crippen LogP) is 1.53. The normalized spacial score (nSPS) is 24.4. The highest BCUT2D eigenvalue weighted by atomic mass is 16.2. The minimum absolute atomic E-state index is 0.128. The standard InChI is InChI=1S/C17H26N4O2/c1-3-5-15(22)21-9-4-6-14(21)17(23)20-10-7-13(12-20)16-18-8-11-19(16)2/h8,11,13-14H,3-7,9-10,12H2,1-2H3. The molecule has 2 atom stereocenters. The van der Waals surface area contributed by atoms with Crippen LogP contribution in [-0.4, -0.2) is 56.8 Å². The Morgan fingerprint density at radius 2 is 2.13 bits per heavy atom. The smallest absolute Gasteiger partial charge is 0.245 e. The van der Waals surface area contributed by atoms with Gasteiger partial charge in [0.05, 0.1) is 0 Å². The fourth-order valence-corrected chi connectivity index (χ4v) is 3.83. The molecule has 2 fully saturated rings. The summed E-state index contributed by atoms with van der Waals surface area (Å²) >= 11 is 0. The number of carbonyl (C=O) groups excluding carboxylic acids is 2. The Morgan fingerprint density at radius 3 is 2.83 bits per heavy atom. The van der Waals surface area contributed by atoms with E-state index in [2.05, 4.69) is 4.98 Å². The Labute approximate surface area is 137 Å². The van der Waals surface area contributed by atoms with Crippen molar-refractivity contribution < 1.29 is 9.59 Å². The molecule has 3 rings (SSSR count). The molecule has 6 heteroatoms. The van der Waals surface area contributed by atoms with Crippen LogP contribution in [0.4, 0.5) is 0 Å². The number of hydrogen-bond acceptors (Lipinski definition) is 3. The molecule has 0 N–H and O–H groups in total. The van der Waals surface area contributed by atoms with E-state index in [0.717, 1.165) is 51.1 Å². The van der Waals surface area contributed by atoms with Crippen LogP contribution >= 0.6 is 0 Å². The van der Waals surface area contributed by atoms with Crippen LogP contribution < -0.4 is 0 Å². The molecule has 2 unspecified atom stereocenters. The number of hydrogen-bond donors (Lipinski definition) is 0. The highest BCUT2D eigenvalue weighted by Gasteiger charge is 2.39. The van der Waals surface area contributed by atoms with Gasteiger partial charge in [0.15, 0.2) is 0 Å². The summed E-state index contributed by atoms with van der Waals surface area (Å²) in [5, 5.41) is 0. The van der Waals surface area contributed by atoms with Crippen molar-refractivity contribution in [3.05, 3.63) is 18.2 Å². The minimum atomic E-state index is -0.242. The van der Waals surface area contributed by atoms with Crippen molar-refractivity contribution in [3.8, 4) is 0 Å². The van der Waals surface area contributed by atoms with Crippen LogP contribution in [0.15, 0.2) is 12.4 Å². The molecule has 1 aromatic rings. The lowest BCUT2D eigenvalue weighted by Gasteiger charge is -2.28. The first-order valence-corrected chi connectivity index (χ1v) is 8.67. The molecule has 2 saturated heterocycles. The number of aromatic nitrogens is 2. The molecule has 3 heterocycles. The number of rotatable bonds is 4. The lowest BCUT2D eigenvalue weighted by Crippen LogP contribution is -2.47. The van der Waals surface area contributed by atoms with Gasteiger partial charge in [-0.15, -0.1) is 0 Å². The van der Waals surface area contributed by atoms with Crippen LogP contribution in [0.25, 0.3) is 0 Å². The van der Waals surface area contributed by atoms with Crippen molar-refractivity contribution in [2.24, 2.45) is 7.05 Å². The topological polar surface area (TPSA) is 58.4 Å². The van der Waals surface area contributed by atoms with E-state index < -0.39 is 0 Å². The molecular formula is C17H26N4O2. The summed E-state index contributed by atoms with van der Waals surface area (Å²) in [6, 6.07) is -0.242. The molecule has 2 amide bonds. The number of likely N-dealkylation sites (tertiary alicyclic amines) is 2. The van der Waals surface area contributed by atoms with Gasteiger partial charge in [-0.25, -0.2) is 4.98 Å². The molecule has 23 heavy (non-hydrogen) atoms. The van der Waals surface area contributed by atoms with Gasteiger partial charge in [-0.3, -0.25) is 9.59 Å². The monoisotopic (exact) mass is 318 g/mol. The Hall–Kier alpha value is -1.85. The molecule has 2 aliphatic heterocycles. The molecule has 1 aromatic heterocycles. The third kappa shape index (κ3) is 3.12. The lowest BCUT2D eigenvalue weighted by molar-refractivity contribution is -0.143. The molecule has 0 spiro atoms. The first-order chi connectivity index (χ1) is 11.1. The van der Waals surface area contributed by atoms with Crippen molar-refractivity contribution in [1.29, 1.82) is 0 Å². The highest BCUT2D eigenvalue weighted by molar-refractivity contribution is 5.88. The van der Waals surface area contributed by atoms with E-state index in [1.807, 2.05) is 35.8 Å². The van der Waals surface area contributed by atoms with Crippen molar-refractivity contribution >= 4 is 11.8 Å². The van der Waals surface area contributed by atoms with Gasteiger partial charge in [0.2, 0.25) is 11.8 Å². The number of aryl methyl sites for hydroxylation is 1. The minimum Gasteiger partial charge on any atom is -0.340 e. The second-order valence-corrected chi connectivity index (χ2v) is 6.66. The van der Waals surface area contributed by atoms with Crippen LogP contribution in [0, 0.1) is 0 Å². The Balaban J connectivity index is 1.64. The molecule has 0 aromatic carbocycles. The van der Waals surface area contributed by atoms with Crippen LogP contribution in [0.5, 0.6) is 0 Å². The van der Waals surface area contributed by atoms with E-state index in [0.29, 0.717) is 12.3 Å². The Kier molecular flexibility index (Phi) is 4.68. The number of imidazole rings is 1. The summed E-state index contributed by atoms with van der Waals surface area (Å²) in [5.41, 5.74) is 0. The summed E-state index contributed by atoms with van der Waals surface area (Å²) in [6.07, 6.45) is 7.82. The van der Waals surface area contributed by atoms with E-state index in [-0.39, 0.29) is 17.9 Å². The average molecular weight is 318 g/mol. The number of carbonyl (C=O) groups is 2. The fraction of sp³-hybridized carbons (Fsp3) is 0.706. The van der Waals surface area contributed by atoms with Crippen molar-refractivity contribution in [1.82, 2.24) is 19.4 Å². The van der Waals surface area contributed by atoms with Gasteiger partial charge >= 0.3 is 0 Å². The van der Waals surface area contributed by atoms with E-state index >= 15 is 0 Å². The lowest BCUT2D eigenvalue weighted by atomic mass is 10.1. The maximum Gasteiger partial charge on any atom is 0.245 e. The summed E-state index contributed by atoms with van der Waals surface area (Å²) < 4.78 is 2.03. The maximum absolute atomic E-state index is 12.9. The van der Waals surface area contributed by atoms with Gasteiger partial charge in [-0.05, 0) is 25.7 Å². The zero-order valence-electron chi connectivity index (χ0n) is 14.1. The number of nitrogens with zero attached hydrogens (tertiary/aromatic N) is 4. The predicted molar refractivity (Wildman–Crippen MR) is 86.8 cm³/mol. The summed E-state index contributed by atoms with van der Waals surface area (Å²) in [5.74, 6) is 1.61. The van der Waals surface area contributed by atoms with Crippen LogP contribution in [0.3, 0.4) is 0 Å². The fourth-order valence-electron chi connectivity index (χ4n) is 3.83.